The number of carbonyl (C=O) groups is 1. The molecule has 28 heavy (non-hydrogen) atoms. The van der Waals surface area contributed by atoms with E-state index in [1.54, 1.807) is 19.1 Å². The first kappa shape index (κ1) is 18.6. The van der Waals surface area contributed by atoms with Crippen LogP contribution in [0.15, 0.2) is 51.8 Å². The molecule has 6 nitrogen and oxygen atoms in total. The average molecular weight is 402 g/mol. The summed E-state index contributed by atoms with van der Waals surface area (Å²) in [5, 5.41) is 3.19. The minimum absolute atomic E-state index is 0.0633. The van der Waals surface area contributed by atoms with Crippen LogP contribution in [0.4, 0.5) is 10.1 Å². The molecule has 2 heterocycles. The zero-order valence-electron chi connectivity index (χ0n) is 15.2. The van der Waals surface area contributed by atoms with Crippen molar-refractivity contribution in [3.8, 4) is 0 Å². The number of hydrogen-bond donors (Lipinski definition) is 1. The summed E-state index contributed by atoms with van der Waals surface area (Å²) in [5.41, 5.74) is 1.28. The van der Waals surface area contributed by atoms with E-state index in [4.69, 9.17) is 4.42 Å². The predicted molar refractivity (Wildman–Crippen MR) is 103 cm³/mol. The summed E-state index contributed by atoms with van der Waals surface area (Å²) in [6.45, 7) is 2.69. The van der Waals surface area contributed by atoms with Crippen LogP contribution in [0.25, 0.3) is 11.0 Å². The van der Waals surface area contributed by atoms with Crippen LogP contribution in [0.3, 0.4) is 0 Å². The number of carbonyl (C=O) groups excluding carboxylic acids is 1. The minimum atomic E-state index is -3.58. The number of amides is 1. The fourth-order valence-corrected chi connectivity index (χ4v) is 4.97. The molecule has 1 fully saturated rings. The van der Waals surface area contributed by atoms with Gasteiger partial charge in [0, 0.05) is 29.7 Å². The smallest absolute Gasteiger partial charge is 0.291 e. The Bertz CT molecular complexity index is 1160. The number of sulfonamides is 1. The van der Waals surface area contributed by atoms with Gasteiger partial charge in [-0.25, -0.2) is 12.8 Å². The molecule has 0 aliphatic carbocycles. The van der Waals surface area contributed by atoms with E-state index >= 15 is 0 Å². The van der Waals surface area contributed by atoms with Gasteiger partial charge in [0.15, 0.2) is 5.76 Å². The predicted octanol–water partition coefficient (Wildman–Crippen LogP) is 3.92. The highest BCUT2D eigenvalue weighted by molar-refractivity contribution is 7.89. The standard InChI is InChI=1S/C20H19FN2O4S/c1-13-17-11-14(21)7-8-18(17)27-19(13)20(24)22-15-5-4-6-16(12-15)28(25,26)23-9-2-3-10-23/h4-8,11-12H,2-3,9-10H2,1H3,(H,22,24). The van der Waals surface area contributed by atoms with E-state index in [2.05, 4.69) is 5.32 Å². The van der Waals surface area contributed by atoms with Gasteiger partial charge in [0.2, 0.25) is 10.0 Å². The lowest BCUT2D eigenvalue weighted by Gasteiger charge is -2.16. The topological polar surface area (TPSA) is 79.6 Å². The molecule has 4 rings (SSSR count). The molecule has 1 amide bonds. The quantitative estimate of drug-likeness (QED) is 0.717. The Hall–Kier alpha value is -2.71. The summed E-state index contributed by atoms with van der Waals surface area (Å²) in [5.74, 6) is -0.874. The van der Waals surface area contributed by atoms with Crippen LogP contribution in [0.2, 0.25) is 0 Å². The first-order chi connectivity index (χ1) is 13.4. The second-order valence-electron chi connectivity index (χ2n) is 6.79. The number of furan rings is 1. The molecular formula is C20H19FN2O4S. The number of rotatable bonds is 4. The van der Waals surface area contributed by atoms with Crippen molar-refractivity contribution >= 4 is 32.6 Å². The zero-order chi connectivity index (χ0) is 19.9. The van der Waals surface area contributed by atoms with Crippen molar-refractivity contribution in [1.29, 1.82) is 0 Å². The van der Waals surface area contributed by atoms with Crippen molar-refractivity contribution in [3.63, 3.8) is 0 Å². The molecule has 0 atom stereocenters. The van der Waals surface area contributed by atoms with E-state index in [0.29, 0.717) is 35.3 Å². The molecule has 0 saturated carbocycles. The fraction of sp³-hybridized carbons (Fsp3) is 0.250. The Morgan fingerprint density at radius 3 is 2.64 bits per heavy atom. The first-order valence-corrected chi connectivity index (χ1v) is 10.4. The van der Waals surface area contributed by atoms with E-state index in [1.807, 2.05) is 0 Å². The zero-order valence-corrected chi connectivity index (χ0v) is 16.1. The average Bonchev–Trinajstić information content (AvgIpc) is 3.31. The molecule has 146 valence electrons. The Morgan fingerprint density at radius 1 is 1.14 bits per heavy atom. The highest BCUT2D eigenvalue weighted by Crippen LogP contribution is 2.27. The molecule has 8 heteroatoms. The highest BCUT2D eigenvalue weighted by atomic mass is 32.2. The molecule has 1 aliphatic heterocycles. The van der Waals surface area contributed by atoms with Crippen LogP contribution in [0.5, 0.6) is 0 Å². The van der Waals surface area contributed by atoms with E-state index in [0.717, 1.165) is 12.8 Å². The van der Waals surface area contributed by atoms with Crippen molar-refractivity contribution in [2.75, 3.05) is 18.4 Å². The van der Waals surface area contributed by atoms with Gasteiger partial charge in [0.1, 0.15) is 11.4 Å². The maximum absolute atomic E-state index is 13.5. The Kier molecular flexibility index (Phi) is 4.68. The Labute approximate surface area is 162 Å². The van der Waals surface area contributed by atoms with E-state index < -0.39 is 21.7 Å². The largest absolute Gasteiger partial charge is 0.451 e. The number of fused-ring (bicyclic) bond motifs is 1. The van der Waals surface area contributed by atoms with E-state index in [-0.39, 0.29) is 10.7 Å². The van der Waals surface area contributed by atoms with Crippen LogP contribution in [-0.2, 0) is 10.0 Å². The Morgan fingerprint density at radius 2 is 1.89 bits per heavy atom. The van der Waals surface area contributed by atoms with Crippen molar-refractivity contribution in [1.82, 2.24) is 4.31 Å². The van der Waals surface area contributed by atoms with Crippen molar-refractivity contribution < 1.29 is 22.0 Å². The molecular weight excluding hydrogens is 383 g/mol. The van der Waals surface area contributed by atoms with E-state index in [9.17, 15) is 17.6 Å². The molecule has 1 aromatic heterocycles. The summed E-state index contributed by atoms with van der Waals surface area (Å²) in [7, 11) is -3.58. The van der Waals surface area contributed by atoms with Crippen LogP contribution >= 0.6 is 0 Å². The molecule has 0 spiro atoms. The lowest BCUT2D eigenvalue weighted by Crippen LogP contribution is -2.27. The fourth-order valence-electron chi connectivity index (χ4n) is 3.41. The van der Waals surface area contributed by atoms with Gasteiger partial charge in [-0.1, -0.05) is 6.07 Å². The summed E-state index contributed by atoms with van der Waals surface area (Å²) < 4.78 is 45.9. The molecule has 2 aromatic carbocycles. The van der Waals surface area contributed by atoms with Crippen molar-refractivity contribution in [3.05, 3.63) is 59.6 Å². The van der Waals surface area contributed by atoms with Gasteiger partial charge in [-0.05, 0) is 56.2 Å². The number of benzene rings is 2. The van der Waals surface area contributed by atoms with Gasteiger partial charge in [-0.15, -0.1) is 0 Å². The van der Waals surface area contributed by atoms with E-state index in [1.165, 1.54) is 34.6 Å². The lowest BCUT2D eigenvalue weighted by molar-refractivity contribution is 0.0998. The molecule has 0 unspecified atom stereocenters. The number of anilines is 1. The minimum Gasteiger partial charge on any atom is -0.451 e. The molecule has 1 saturated heterocycles. The molecule has 3 aromatic rings. The molecule has 0 bridgehead atoms. The molecule has 1 aliphatic rings. The number of aryl methyl sites for hydroxylation is 1. The SMILES string of the molecule is Cc1c(C(=O)Nc2cccc(S(=O)(=O)N3CCCC3)c2)oc2ccc(F)cc12. The lowest BCUT2D eigenvalue weighted by atomic mass is 10.1. The van der Waals surface area contributed by atoms with Gasteiger partial charge in [0.25, 0.3) is 5.91 Å². The number of nitrogens with zero attached hydrogens (tertiary/aromatic N) is 1. The third-order valence-corrected chi connectivity index (χ3v) is 6.79. The first-order valence-electron chi connectivity index (χ1n) is 8.96. The summed E-state index contributed by atoms with van der Waals surface area (Å²) in [6, 6.07) is 10.2. The monoisotopic (exact) mass is 402 g/mol. The third-order valence-electron chi connectivity index (χ3n) is 4.90. The van der Waals surface area contributed by atoms with Crippen molar-refractivity contribution in [2.45, 2.75) is 24.7 Å². The number of nitrogens with one attached hydrogen (secondary N) is 1. The van der Waals surface area contributed by atoms with Crippen LogP contribution < -0.4 is 5.32 Å². The second kappa shape index (κ2) is 7.03. The van der Waals surface area contributed by atoms with Crippen LogP contribution in [0, 0.1) is 12.7 Å². The Balaban J connectivity index is 1.61. The van der Waals surface area contributed by atoms with Crippen LogP contribution in [0.1, 0.15) is 29.0 Å². The maximum atomic E-state index is 13.5. The second-order valence-corrected chi connectivity index (χ2v) is 8.73. The van der Waals surface area contributed by atoms with Gasteiger partial charge in [-0.2, -0.15) is 4.31 Å². The van der Waals surface area contributed by atoms with Crippen LogP contribution in [-0.4, -0.2) is 31.7 Å². The summed E-state index contributed by atoms with van der Waals surface area (Å²) in [6.07, 6.45) is 1.70. The van der Waals surface area contributed by atoms with Gasteiger partial charge < -0.3 is 9.73 Å². The third kappa shape index (κ3) is 3.29. The van der Waals surface area contributed by atoms with Gasteiger partial charge >= 0.3 is 0 Å². The number of hydrogen-bond acceptors (Lipinski definition) is 4. The molecule has 0 radical (unpaired) electrons. The highest BCUT2D eigenvalue weighted by Gasteiger charge is 2.27. The normalized spacial score (nSPS) is 15.2. The van der Waals surface area contributed by atoms with Crippen molar-refractivity contribution in [2.24, 2.45) is 0 Å². The number of halogens is 1. The van der Waals surface area contributed by atoms with Gasteiger partial charge in [-0.3, -0.25) is 4.79 Å². The summed E-state index contributed by atoms with van der Waals surface area (Å²) in [4.78, 5) is 12.8. The van der Waals surface area contributed by atoms with Gasteiger partial charge in [0.05, 0.1) is 4.90 Å². The summed E-state index contributed by atoms with van der Waals surface area (Å²) >= 11 is 0. The molecule has 1 N–H and O–H groups in total. The maximum Gasteiger partial charge on any atom is 0.291 e.